The van der Waals surface area contributed by atoms with Gasteiger partial charge in [-0.3, -0.25) is 10.1 Å². The third kappa shape index (κ3) is 6.91. The molecule has 0 atom stereocenters. The number of likely N-dealkylation sites (N-methyl/N-ethyl adjacent to an activating group) is 1. The van der Waals surface area contributed by atoms with Crippen LogP contribution in [0.2, 0.25) is 0 Å². The summed E-state index contributed by atoms with van der Waals surface area (Å²) >= 11 is 5.42. The van der Waals surface area contributed by atoms with E-state index in [0.29, 0.717) is 23.4 Å². The van der Waals surface area contributed by atoms with Crippen LogP contribution in [0.25, 0.3) is 0 Å². The van der Waals surface area contributed by atoms with Crippen LogP contribution in [-0.4, -0.2) is 68.8 Å². The van der Waals surface area contributed by atoms with Gasteiger partial charge in [-0.05, 0) is 68.2 Å². The Morgan fingerprint density at radius 3 is 2.35 bits per heavy atom. The first-order valence-electron chi connectivity index (χ1n) is 11.4. The van der Waals surface area contributed by atoms with Gasteiger partial charge in [-0.25, -0.2) is 4.79 Å². The Hall–Kier alpha value is -3.17. The normalized spacial score (nSPS) is 13.8. The predicted octanol–water partition coefficient (Wildman–Crippen LogP) is 3.53. The lowest BCUT2D eigenvalue weighted by Crippen LogP contribution is -2.45. The molecule has 0 aromatic heterocycles. The van der Waals surface area contributed by atoms with Crippen LogP contribution in [0.15, 0.2) is 42.5 Å². The van der Waals surface area contributed by atoms with Crippen molar-refractivity contribution in [2.24, 2.45) is 0 Å². The highest BCUT2D eigenvalue weighted by Crippen LogP contribution is 2.28. The molecule has 1 heterocycles. The average Bonchev–Trinajstić information content (AvgIpc) is 2.84. The van der Waals surface area contributed by atoms with Gasteiger partial charge in [-0.2, -0.15) is 0 Å². The first-order valence-corrected chi connectivity index (χ1v) is 11.8. The number of carbonyl (C=O) groups excluding carboxylic acids is 2. The Morgan fingerprint density at radius 2 is 1.71 bits per heavy atom. The highest BCUT2D eigenvalue weighted by atomic mass is 32.1. The number of ether oxygens (including phenoxy) is 2. The average molecular weight is 485 g/mol. The molecule has 0 radical (unpaired) electrons. The van der Waals surface area contributed by atoms with Crippen LogP contribution >= 0.6 is 12.2 Å². The van der Waals surface area contributed by atoms with E-state index in [2.05, 4.69) is 34.4 Å². The molecule has 1 aliphatic heterocycles. The number of thiocarbonyl (C=S) groups is 1. The lowest BCUT2D eigenvalue weighted by molar-refractivity contribution is 0.0600. The summed E-state index contributed by atoms with van der Waals surface area (Å²) in [6.45, 7) is 6.29. The molecule has 182 valence electrons. The van der Waals surface area contributed by atoms with E-state index in [1.165, 1.54) is 7.11 Å². The van der Waals surface area contributed by atoms with E-state index in [9.17, 15) is 9.59 Å². The fourth-order valence-corrected chi connectivity index (χ4v) is 3.77. The summed E-state index contributed by atoms with van der Waals surface area (Å²) in [5, 5.41) is 5.95. The van der Waals surface area contributed by atoms with Crippen molar-refractivity contribution in [3.63, 3.8) is 0 Å². The summed E-state index contributed by atoms with van der Waals surface area (Å²) in [5.74, 6) is -0.0470. The number of methoxy groups -OCH3 is 1. The maximum Gasteiger partial charge on any atom is 0.337 e. The summed E-state index contributed by atoms with van der Waals surface area (Å²) in [5.41, 5.74) is 2.41. The number of piperazine rings is 1. The second kappa shape index (κ2) is 12.3. The van der Waals surface area contributed by atoms with Gasteiger partial charge in [0.15, 0.2) is 5.11 Å². The number of hydrogen-bond donors (Lipinski definition) is 2. The molecule has 34 heavy (non-hydrogen) atoms. The van der Waals surface area contributed by atoms with Gasteiger partial charge < -0.3 is 24.6 Å². The van der Waals surface area contributed by atoms with Crippen LogP contribution in [0.5, 0.6) is 5.75 Å². The summed E-state index contributed by atoms with van der Waals surface area (Å²) in [4.78, 5) is 29.3. The lowest BCUT2D eigenvalue weighted by Gasteiger charge is -2.35. The molecule has 2 N–H and O–H groups in total. The molecule has 3 rings (SSSR count). The molecule has 0 spiro atoms. The van der Waals surface area contributed by atoms with Crippen molar-refractivity contribution in [3.8, 4) is 5.75 Å². The first kappa shape index (κ1) is 25.5. The second-order valence-corrected chi connectivity index (χ2v) is 8.56. The fourth-order valence-electron chi connectivity index (χ4n) is 3.57. The molecule has 0 aliphatic carbocycles. The smallest absolute Gasteiger partial charge is 0.337 e. The highest BCUT2D eigenvalue weighted by molar-refractivity contribution is 7.80. The van der Waals surface area contributed by atoms with Crippen molar-refractivity contribution in [2.45, 2.75) is 19.8 Å². The molecule has 9 heteroatoms. The van der Waals surface area contributed by atoms with Gasteiger partial charge in [0.1, 0.15) is 5.75 Å². The number of rotatable bonds is 8. The molecule has 2 aromatic carbocycles. The van der Waals surface area contributed by atoms with Gasteiger partial charge in [0, 0.05) is 31.7 Å². The van der Waals surface area contributed by atoms with Gasteiger partial charge >= 0.3 is 5.97 Å². The van der Waals surface area contributed by atoms with Crippen molar-refractivity contribution in [3.05, 3.63) is 53.6 Å². The number of unbranched alkanes of at least 4 members (excludes halogenated alkanes) is 1. The van der Waals surface area contributed by atoms with E-state index in [0.717, 1.165) is 50.5 Å². The second-order valence-electron chi connectivity index (χ2n) is 8.15. The van der Waals surface area contributed by atoms with E-state index in [1.807, 2.05) is 6.07 Å². The zero-order valence-electron chi connectivity index (χ0n) is 19.9. The zero-order valence-corrected chi connectivity index (χ0v) is 20.7. The summed E-state index contributed by atoms with van der Waals surface area (Å²) in [6.07, 6.45) is 2.04. The minimum atomic E-state index is -0.441. The van der Waals surface area contributed by atoms with Gasteiger partial charge in [0.05, 0.1) is 30.7 Å². The van der Waals surface area contributed by atoms with E-state index in [-0.39, 0.29) is 11.0 Å². The largest absolute Gasteiger partial charge is 0.494 e. The monoisotopic (exact) mass is 484 g/mol. The Labute approximate surface area is 206 Å². The van der Waals surface area contributed by atoms with E-state index in [4.69, 9.17) is 21.7 Å². The molecule has 2 aromatic rings. The fraction of sp³-hybridized carbons (Fsp3) is 0.400. The number of anilines is 2. The SMILES string of the molecule is CCCCOc1ccc(C(=O)NC(=S)Nc2cc(C(=O)OC)ccc2N2CCN(C)CC2)cc1. The molecular weight excluding hydrogens is 452 g/mol. The van der Waals surface area contributed by atoms with Gasteiger partial charge in [-0.15, -0.1) is 0 Å². The summed E-state index contributed by atoms with van der Waals surface area (Å²) in [7, 11) is 3.43. The molecule has 1 aliphatic rings. The number of nitrogens with one attached hydrogen (secondary N) is 2. The van der Waals surface area contributed by atoms with Crippen LogP contribution in [0, 0.1) is 0 Å². The first-order chi connectivity index (χ1) is 16.4. The van der Waals surface area contributed by atoms with Crippen molar-refractivity contribution < 1.29 is 19.1 Å². The molecule has 8 nitrogen and oxygen atoms in total. The van der Waals surface area contributed by atoms with Crippen LogP contribution < -0.4 is 20.3 Å². The number of nitrogens with zero attached hydrogens (tertiary/aromatic N) is 2. The number of carbonyl (C=O) groups is 2. The lowest BCUT2D eigenvalue weighted by atomic mass is 10.1. The topological polar surface area (TPSA) is 83.1 Å². The molecular formula is C25H32N4O4S. The number of amides is 1. The van der Waals surface area contributed by atoms with E-state index >= 15 is 0 Å². The van der Waals surface area contributed by atoms with Gasteiger partial charge in [0.2, 0.25) is 0 Å². The molecule has 0 saturated carbocycles. The van der Waals surface area contributed by atoms with E-state index < -0.39 is 5.97 Å². The van der Waals surface area contributed by atoms with Crippen LogP contribution in [0.1, 0.15) is 40.5 Å². The van der Waals surface area contributed by atoms with Crippen molar-refractivity contribution in [1.82, 2.24) is 10.2 Å². The van der Waals surface area contributed by atoms with Crippen molar-refractivity contribution in [2.75, 3.05) is 57.2 Å². The highest BCUT2D eigenvalue weighted by Gasteiger charge is 2.20. The molecule has 1 saturated heterocycles. The van der Waals surface area contributed by atoms with Gasteiger partial charge in [0.25, 0.3) is 5.91 Å². The molecule has 1 fully saturated rings. The van der Waals surface area contributed by atoms with Crippen LogP contribution in [-0.2, 0) is 4.74 Å². The minimum absolute atomic E-state index is 0.144. The maximum absolute atomic E-state index is 12.7. The standard InChI is InChI=1S/C25H32N4O4S/c1-4-5-16-33-20-9-6-18(7-10-20)23(30)27-25(34)26-21-17-19(24(31)32-3)8-11-22(21)29-14-12-28(2)13-15-29/h6-11,17H,4-5,12-16H2,1-3H3,(H2,26,27,30,34). The minimum Gasteiger partial charge on any atom is -0.494 e. The van der Waals surface area contributed by atoms with Crippen LogP contribution in [0.3, 0.4) is 0 Å². The molecule has 0 bridgehead atoms. The Bertz CT molecular complexity index is 1000. The third-order valence-electron chi connectivity index (χ3n) is 5.62. The van der Waals surface area contributed by atoms with E-state index in [1.54, 1.807) is 36.4 Å². The Morgan fingerprint density at radius 1 is 1.03 bits per heavy atom. The zero-order chi connectivity index (χ0) is 24.5. The Kier molecular flexibility index (Phi) is 9.24. The summed E-state index contributed by atoms with van der Waals surface area (Å²) in [6, 6.07) is 12.2. The summed E-state index contributed by atoms with van der Waals surface area (Å²) < 4.78 is 10.5. The number of hydrogen-bond acceptors (Lipinski definition) is 7. The predicted molar refractivity (Wildman–Crippen MR) is 138 cm³/mol. The molecule has 1 amide bonds. The third-order valence-corrected chi connectivity index (χ3v) is 5.82. The Balaban J connectivity index is 1.69. The van der Waals surface area contributed by atoms with Crippen molar-refractivity contribution in [1.29, 1.82) is 0 Å². The quantitative estimate of drug-likeness (QED) is 0.335. The number of benzene rings is 2. The maximum atomic E-state index is 12.7. The van der Waals surface area contributed by atoms with Crippen LogP contribution in [0.4, 0.5) is 11.4 Å². The number of esters is 1. The van der Waals surface area contributed by atoms with Crippen molar-refractivity contribution >= 4 is 40.6 Å². The van der Waals surface area contributed by atoms with Gasteiger partial charge in [-0.1, -0.05) is 13.3 Å². The molecule has 0 unspecified atom stereocenters.